The summed E-state index contributed by atoms with van der Waals surface area (Å²) in [5.41, 5.74) is 2.66. The van der Waals surface area contributed by atoms with Crippen LogP contribution in [0, 0.1) is 17.0 Å². The number of aryl methyl sites for hydroxylation is 3. The molecule has 3 rings (SSSR count). The summed E-state index contributed by atoms with van der Waals surface area (Å²) < 4.78 is 1.46. The Morgan fingerprint density at radius 1 is 1.32 bits per heavy atom. The van der Waals surface area contributed by atoms with Crippen LogP contribution in [-0.2, 0) is 13.5 Å². The highest BCUT2D eigenvalue weighted by molar-refractivity contribution is 7.99. The Bertz CT molecular complexity index is 1050. The van der Waals surface area contributed by atoms with E-state index in [-0.39, 0.29) is 11.3 Å². The van der Waals surface area contributed by atoms with Gasteiger partial charge < -0.3 is 5.32 Å². The van der Waals surface area contributed by atoms with Crippen LogP contribution < -0.4 is 5.32 Å². The van der Waals surface area contributed by atoms with Crippen molar-refractivity contribution in [1.29, 1.82) is 0 Å². The van der Waals surface area contributed by atoms with Gasteiger partial charge in [-0.2, -0.15) is 0 Å². The van der Waals surface area contributed by atoms with E-state index in [2.05, 4.69) is 20.8 Å². The zero-order valence-corrected chi connectivity index (χ0v) is 16.4. The van der Waals surface area contributed by atoms with Gasteiger partial charge in [-0.3, -0.25) is 14.9 Å². The van der Waals surface area contributed by atoms with Crippen molar-refractivity contribution in [3.8, 4) is 0 Å². The van der Waals surface area contributed by atoms with Crippen LogP contribution in [0.15, 0.2) is 46.5 Å². The molecule has 0 unspecified atom stereocenters. The second kappa shape index (κ2) is 8.17. The second-order valence-electron chi connectivity index (χ2n) is 6.04. The van der Waals surface area contributed by atoms with Crippen LogP contribution in [0.5, 0.6) is 0 Å². The maximum atomic E-state index is 13.0. The number of amides is 1. The normalized spacial score (nSPS) is 10.7. The van der Waals surface area contributed by atoms with Crippen LogP contribution >= 0.6 is 11.8 Å². The molecule has 0 saturated heterocycles. The molecular formula is C18H18N6O3S. The number of carbonyl (C=O) groups excluding carboxylic acids is 1. The van der Waals surface area contributed by atoms with Crippen molar-refractivity contribution < 1.29 is 9.72 Å². The third-order valence-corrected chi connectivity index (χ3v) is 5.28. The van der Waals surface area contributed by atoms with E-state index in [4.69, 9.17) is 0 Å². The van der Waals surface area contributed by atoms with Crippen LogP contribution in [0.4, 0.5) is 11.4 Å². The summed E-state index contributed by atoms with van der Waals surface area (Å²) in [6, 6.07) is 9.93. The van der Waals surface area contributed by atoms with Crippen LogP contribution in [0.25, 0.3) is 0 Å². The number of nitrogens with zero attached hydrogens (tertiary/aromatic N) is 5. The van der Waals surface area contributed by atoms with Crippen molar-refractivity contribution in [2.45, 2.75) is 30.3 Å². The van der Waals surface area contributed by atoms with Crippen molar-refractivity contribution in [2.24, 2.45) is 7.05 Å². The third kappa shape index (κ3) is 4.01. The molecule has 3 aromatic rings. The summed E-state index contributed by atoms with van der Waals surface area (Å²) >= 11 is 1.16. The number of hydrogen-bond donors (Lipinski definition) is 1. The number of tetrazole rings is 1. The van der Waals surface area contributed by atoms with Gasteiger partial charge in [-0.05, 0) is 52.7 Å². The Labute approximate surface area is 165 Å². The van der Waals surface area contributed by atoms with Crippen molar-refractivity contribution in [3.63, 3.8) is 0 Å². The number of benzene rings is 2. The van der Waals surface area contributed by atoms with E-state index in [1.807, 2.05) is 32.0 Å². The molecule has 10 heteroatoms. The maximum absolute atomic E-state index is 13.0. The molecule has 9 nitrogen and oxygen atoms in total. The lowest BCUT2D eigenvalue weighted by Gasteiger charge is -2.14. The summed E-state index contributed by atoms with van der Waals surface area (Å²) in [6.45, 7) is 3.91. The van der Waals surface area contributed by atoms with Crippen molar-refractivity contribution in [1.82, 2.24) is 20.2 Å². The van der Waals surface area contributed by atoms with Crippen molar-refractivity contribution in [2.75, 3.05) is 5.32 Å². The van der Waals surface area contributed by atoms with Gasteiger partial charge >= 0.3 is 0 Å². The molecule has 0 spiro atoms. The Morgan fingerprint density at radius 3 is 2.75 bits per heavy atom. The number of non-ortho nitro benzene ring substituents is 1. The minimum atomic E-state index is -0.527. The zero-order chi connectivity index (χ0) is 20.3. The molecule has 0 aliphatic heterocycles. The molecule has 0 aliphatic rings. The molecule has 1 heterocycles. The first-order valence-electron chi connectivity index (χ1n) is 8.49. The molecule has 0 bridgehead atoms. The van der Waals surface area contributed by atoms with E-state index >= 15 is 0 Å². The first kappa shape index (κ1) is 19.5. The Balaban J connectivity index is 2.01. The number of aromatic nitrogens is 4. The number of para-hydroxylation sites is 1. The van der Waals surface area contributed by atoms with Gasteiger partial charge in [-0.15, -0.1) is 5.10 Å². The molecule has 0 aliphatic carbocycles. The number of carbonyl (C=O) groups is 1. The number of rotatable bonds is 6. The van der Waals surface area contributed by atoms with Crippen molar-refractivity contribution in [3.05, 3.63) is 63.2 Å². The SMILES string of the molecule is CCc1cccc(C)c1NC(=O)c1cc([N+](=O)[O-])ccc1Sc1nnnn1C. The monoisotopic (exact) mass is 398 g/mol. The van der Waals surface area contributed by atoms with E-state index in [1.54, 1.807) is 7.05 Å². The van der Waals surface area contributed by atoms with E-state index in [9.17, 15) is 14.9 Å². The number of nitro benzene ring substituents is 1. The molecule has 0 atom stereocenters. The third-order valence-electron chi connectivity index (χ3n) is 4.18. The van der Waals surface area contributed by atoms with Crippen LogP contribution in [-0.4, -0.2) is 31.0 Å². The minimum absolute atomic E-state index is 0.161. The van der Waals surface area contributed by atoms with E-state index in [0.717, 1.165) is 35.0 Å². The molecule has 28 heavy (non-hydrogen) atoms. The van der Waals surface area contributed by atoms with E-state index < -0.39 is 10.8 Å². The van der Waals surface area contributed by atoms with Crippen LogP contribution in [0.2, 0.25) is 0 Å². The maximum Gasteiger partial charge on any atom is 0.270 e. The van der Waals surface area contributed by atoms with Gasteiger partial charge in [0.05, 0.1) is 10.5 Å². The van der Waals surface area contributed by atoms with Gasteiger partial charge in [0, 0.05) is 29.8 Å². The van der Waals surface area contributed by atoms with Crippen LogP contribution in [0.1, 0.15) is 28.4 Å². The first-order chi connectivity index (χ1) is 13.4. The lowest BCUT2D eigenvalue weighted by atomic mass is 10.1. The summed E-state index contributed by atoms with van der Waals surface area (Å²) in [6.07, 6.45) is 0.748. The van der Waals surface area contributed by atoms with Gasteiger partial charge in [0.25, 0.3) is 11.6 Å². The molecule has 0 radical (unpaired) electrons. The fourth-order valence-electron chi connectivity index (χ4n) is 2.69. The highest BCUT2D eigenvalue weighted by Crippen LogP contribution is 2.32. The predicted molar refractivity (Wildman–Crippen MR) is 105 cm³/mol. The average Bonchev–Trinajstić information content (AvgIpc) is 3.08. The fourth-order valence-corrected chi connectivity index (χ4v) is 3.53. The topological polar surface area (TPSA) is 116 Å². The number of anilines is 1. The number of nitro groups is 1. The smallest absolute Gasteiger partial charge is 0.270 e. The van der Waals surface area contributed by atoms with Crippen LogP contribution in [0.3, 0.4) is 0 Å². The first-order valence-corrected chi connectivity index (χ1v) is 9.30. The number of nitrogens with one attached hydrogen (secondary N) is 1. The van der Waals surface area contributed by atoms with E-state index in [0.29, 0.717) is 10.1 Å². The van der Waals surface area contributed by atoms with Gasteiger partial charge in [-0.25, -0.2) is 4.68 Å². The molecular weight excluding hydrogens is 380 g/mol. The summed E-state index contributed by atoms with van der Waals surface area (Å²) in [5, 5.41) is 25.8. The molecule has 2 aromatic carbocycles. The van der Waals surface area contributed by atoms with Gasteiger partial charge in [0.2, 0.25) is 5.16 Å². The Morgan fingerprint density at radius 2 is 2.11 bits per heavy atom. The zero-order valence-electron chi connectivity index (χ0n) is 15.5. The summed E-state index contributed by atoms with van der Waals surface area (Å²) in [7, 11) is 1.67. The summed E-state index contributed by atoms with van der Waals surface area (Å²) in [4.78, 5) is 24.2. The molecule has 1 aromatic heterocycles. The highest BCUT2D eigenvalue weighted by Gasteiger charge is 2.20. The van der Waals surface area contributed by atoms with Gasteiger partial charge in [-0.1, -0.05) is 25.1 Å². The molecule has 144 valence electrons. The molecule has 1 N–H and O–H groups in total. The van der Waals surface area contributed by atoms with Gasteiger partial charge in [0.1, 0.15) is 0 Å². The molecule has 0 saturated carbocycles. The predicted octanol–water partition coefficient (Wildman–Crippen LogP) is 3.39. The standard InChI is InChI=1S/C18H18N6O3S/c1-4-12-7-5-6-11(2)16(12)19-17(25)14-10-13(24(26)27)8-9-15(14)28-18-20-21-22-23(18)3/h5-10H,4H2,1-3H3,(H,19,25). The number of hydrogen-bond acceptors (Lipinski definition) is 7. The van der Waals surface area contributed by atoms with Gasteiger partial charge in [0.15, 0.2) is 0 Å². The highest BCUT2D eigenvalue weighted by atomic mass is 32.2. The Hall–Kier alpha value is -3.27. The quantitative estimate of drug-likeness (QED) is 0.500. The average molecular weight is 398 g/mol. The summed E-state index contributed by atoms with van der Waals surface area (Å²) in [5.74, 6) is -0.426. The largest absolute Gasteiger partial charge is 0.321 e. The fraction of sp³-hybridized carbons (Fsp3) is 0.222. The Kier molecular flexibility index (Phi) is 5.69. The van der Waals surface area contributed by atoms with Crippen molar-refractivity contribution >= 4 is 29.0 Å². The van der Waals surface area contributed by atoms with E-state index in [1.165, 1.54) is 22.9 Å². The lowest BCUT2D eigenvalue weighted by molar-refractivity contribution is -0.384. The second-order valence-corrected chi connectivity index (χ2v) is 7.05. The molecule has 0 fully saturated rings. The lowest BCUT2D eigenvalue weighted by Crippen LogP contribution is -2.15. The minimum Gasteiger partial charge on any atom is -0.321 e. The molecule has 1 amide bonds.